The van der Waals surface area contributed by atoms with Gasteiger partial charge in [-0.05, 0) is 58.3 Å². The van der Waals surface area contributed by atoms with Gasteiger partial charge in [-0.2, -0.15) is 0 Å². The van der Waals surface area contributed by atoms with Crippen LogP contribution in [-0.2, 0) is 0 Å². The fraction of sp³-hybridized carbons (Fsp3) is 0. The third-order valence-electron chi connectivity index (χ3n) is 6.53. The van der Waals surface area contributed by atoms with Crippen molar-refractivity contribution < 1.29 is 0 Å². The summed E-state index contributed by atoms with van der Waals surface area (Å²) in [5.74, 6) is 0. The summed E-state index contributed by atoms with van der Waals surface area (Å²) < 4.78 is 0. The molecule has 0 radical (unpaired) electrons. The van der Waals surface area contributed by atoms with Gasteiger partial charge in [-0.3, -0.25) is 0 Å². The molecule has 0 atom stereocenters. The predicted octanol–water partition coefficient (Wildman–Crippen LogP) is 10.3. The first kappa shape index (κ1) is 22.2. The van der Waals surface area contributed by atoms with Gasteiger partial charge in [0, 0.05) is 27.8 Å². The van der Waals surface area contributed by atoms with Crippen molar-refractivity contribution >= 4 is 62.4 Å². The number of fused-ring (bicyclic) bond motifs is 2. The normalized spacial score (nSPS) is 11.4. The lowest BCUT2D eigenvalue weighted by Crippen LogP contribution is -2.09. The molecule has 0 saturated carbocycles. The molecule has 172 valence electrons. The molecule has 0 bridgehead atoms. The smallest absolute Gasteiger partial charge is 0.0563 e. The Bertz CT molecular complexity index is 1570. The van der Waals surface area contributed by atoms with Crippen molar-refractivity contribution in [2.24, 2.45) is 0 Å². The molecule has 0 fully saturated rings. The largest absolute Gasteiger partial charge is 0.311 e. The zero-order valence-electron chi connectivity index (χ0n) is 19.7. The second-order valence-corrected chi connectivity index (χ2v) is 9.13. The van der Waals surface area contributed by atoms with Crippen LogP contribution in [0, 0.1) is 0 Å². The predicted molar refractivity (Wildman–Crippen MR) is 157 cm³/mol. The molecular formula is C34H24ClN. The molecule has 6 aromatic rings. The minimum Gasteiger partial charge on any atom is -0.311 e. The van der Waals surface area contributed by atoms with E-state index in [1.54, 1.807) is 0 Å². The quantitative estimate of drug-likeness (QED) is 0.175. The fourth-order valence-electron chi connectivity index (χ4n) is 4.80. The molecule has 0 saturated heterocycles. The van der Waals surface area contributed by atoms with Gasteiger partial charge >= 0.3 is 0 Å². The van der Waals surface area contributed by atoms with Crippen LogP contribution in [0.5, 0.6) is 0 Å². The van der Waals surface area contributed by atoms with E-state index in [1.165, 1.54) is 5.56 Å². The van der Waals surface area contributed by atoms with Gasteiger partial charge in [0.1, 0.15) is 0 Å². The van der Waals surface area contributed by atoms with E-state index < -0.39 is 0 Å². The standard InChI is InChI=1S/C34H24ClN/c35-34-32-17-9-7-15-29(32)31(30-16-8-10-18-33(30)34)24-21-25-19-22-28(23-20-25)36(26-11-3-1-4-12-26)27-13-5-2-6-14-27/h1-24H/b24-21+. The Kier molecular flexibility index (Phi) is 5.99. The molecule has 0 aromatic heterocycles. The van der Waals surface area contributed by atoms with Crippen LogP contribution in [0.25, 0.3) is 33.7 Å². The lowest BCUT2D eigenvalue weighted by atomic mass is 9.96. The first-order chi connectivity index (χ1) is 17.8. The van der Waals surface area contributed by atoms with Gasteiger partial charge in [-0.1, -0.05) is 121 Å². The zero-order chi connectivity index (χ0) is 24.3. The van der Waals surface area contributed by atoms with Gasteiger partial charge in [0.25, 0.3) is 0 Å². The summed E-state index contributed by atoms with van der Waals surface area (Å²) in [6, 6.07) is 46.3. The number of benzene rings is 6. The molecule has 2 heteroatoms. The molecule has 6 rings (SSSR count). The highest BCUT2D eigenvalue weighted by Crippen LogP contribution is 2.37. The summed E-state index contributed by atoms with van der Waals surface area (Å²) >= 11 is 6.78. The molecule has 1 nitrogen and oxygen atoms in total. The first-order valence-corrected chi connectivity index (χ1v) is 12.4. The molecule has 6 aromatic carbocycles. The average Bonchev–Trinajstić information content (AvgIpc) is 2.95. The van der Waals surface area contributed by atoms with Crippen molar-refractivity contribution in [2.45, 2.75) is 0 Å². The topological polar surface area (TPSA) is 3.24 Å². The van der Waals surface area contributed by atoms with Crippen molar-refractivity contribution in [3.05, 3.63) is 150 Å². The number of nitrogens with zero attached hydrogens (tertiary/aromatic N) is 1. The van der Waals surface area contributed by atoms with Crippen LogP contribution in [0.15, 0.2) is 133 Å². The van der Waals surface area contributed by atoms with Gasteiger partial charge in [0.15, 0.2) is 0 Å². The first-order valence-electron chi connectivity index (χ1n) is 12.1. The molecule has 0 spiro atoms. The Morgan fingerprint density at radius 1 is 0.417 bits per heavy atom. The Morgan fingerprint density at radius 2 is 0.833 bits per heavy atom. The van der Waals surface area contributed by atoms with Crippen molar-refractivity contribution in [1.82, 2.24) is 0 Å². The van der Waals surface area contributed by atoms with E-state index in [9.17, 15) is 0 Å². The van der Waals surface area contributed by atoms with Crippen LogP contribution in [-0.4, -0.2) is 0 Å². The number of para-hydroxylation sites is 2. The molecular weight excluding hydrogens is 458 g/mol. The van der Waals surface area contributed by atoms with E-state index in [0.29, 0.717) is 0 Å². The van der Waals surface area contributed by atoms with Crippen molar-refractivity contribution in [1.29, 1.82) is 0 Å². The number of hydrogen-bond acceptors (Lipinski definition) is 1. The summed E-state index contributed by atoms with van der Waals surface area (Å²) in [6.07, 6.45) is 4.39. The van der Waals surface area contributed by atoms with Gasteiger partial charge in [0.2, 0.25) is 0 Å². The second-order valence-electron chi connectivity index (χ2n) is 8.75. The molecule has 36 heavy (non-hydrogen) atoms. The monoisotopic (exact) mass is 481 g/mol. The Balaban J connectivity index is 1.40. The number of rotatable bonds is 5. The zero-order valence-corrected chi connectivity index (χ0v) is 20.4. The minimum absolute atomic E-state index is 0.810. The van der Waals surface area contributed by atoms with Crippen molar-refractivity contribution in [3.8, 4) is 0 Å². The van der Waals surface area contributed by atoms with Crippen LogP contribution >= 0.6 is 11.6 Å². The maximum Gasteiger partial charge on any atom is 0.0563 e. The Hall–Kier alpha value is -4.33. The molecule has 0 N–H and O–H groups in total. The van der Waals surface area contributed by atoms with E-state index in [-0.39, 0.29) is 0 Å². The Morgan fingerprint density at radius 3 is 1.33 bits per heavy atom. The SMILES string of the molecule is Clc1c2ccccc2c(/C=C/c2ccc(N(c3ccccc3)c3ccccc3)cc2)c2ccccc12. The molecule has 0 aliphatic rings. The maximum atomic E-state index is 6.78. The summed E-state index contributed by atoms with van der Waals surface area (Å²) in [5, 5.41) is 5.29. The average molecular weight is 482 g/mol. The number of anilines is 3. The van der Waals surface area contributed by atoms with E-state index in [0.717, 1.165) is 49.2 Å². The number of halogens is 1. The third-order valence-corrected chi connectivity index (χ3v) is 6.94. The summed E-state index contributed by atoms with van der Waals surface area (Å²) in [4.78, 5) is 2.27. The van der Waals surface area contributed by atoms with E-state index in [4.69, 9.17) is 11.6 Å². The van der Waals surface area contributed by atoms with E-state index in [2.05, 4.69) is 126 Å². The minimum atomic E-state index is 0.810. The van der Waals surface area contributed by atoms with Gasteiger partial charge < -0.3 is 4.90 Å². The van der Waals surface area contributed by atoms with Gasteiger partial charge in [0.05, 0.1) is 5.02 Å². The summed E-state index contributed by atoms with van der Waals surface area (Å²) in [6.45, 7) is 0. The highest BCUT2D eigenvalue weighted by atomic mass is 35.5. The molecule has 0 aliphatic heterocycles. The Labute approximate surface area is 216 Å². The number of hydrogen-bond donors (Lipinski definition) is 0. The molecule has 0 heterocycles. The van der Waals surface area contributed by atoms with Crippen molar-refractivity contribution in [3.63, 3.8) is 0 Å². The summed E-state index contributed by atoms with van der Waals surface area (Å²) in [7, 11) is 0. The lowest BCUT2D eigenvalue weighted by Gasteiger charge is -2.25. The van der Waals surface area contributed by atoms with Crippen LogP contribution in [0.2, 0.25) is 5.02 Å². The molecule has 0 amide bonds. The molecule has 0 aliphatic carbocycles. The third kappa shape index (κ3) is 4.15. The van der Waals surface area contributed by atoms with E-state index in [1.807, 2.05) is 24.3 Å². The molecule has 0 unspecified atom stereocenters. The maximum absolute atomic E-state index is 6.78. The fourth-order valence-corrected chi connectivity index (χ4v) is 5.13. The highest BCUT2D eigenvalue weighted by molar-refractivity contribution is 6.41. The van der Waals surface area contributed by atoms with Crippen LogP contribution in [0.4, 0.5) is 17.1 Å². The van der Waals surface area contributed by atoms with Crippen LogP contribution in [0.1, 0.15) is 11.1 Å². The van der Waals surface area contributed by atoms with Crippen LogP contribution in [0.3, 0.4) is 0 Å². The van der Waals surface area contributed by atoms with Crippen molar-refractivity contribution in [2.75, 3.05) is 4.90 Å². The van der Waals surface area contributed by atoms with Gasteiger partial charge in [-0.15, -0.1) is 0 Å². The summed E-state index contributed by atoms with van der Waals surface area (Å²) in [5.41, 5.74) is 5.71. The van der Waals surface area contributed by atoms with E-state index >= 15 is 0 Å². The lowest BCUT2D eigenvalue weighted by molar-refractivity contribution is 1.28. The van der Waals surface area contributed by atoms with Gasteiger partial charge in [-0.25, -0.2) is 0 Å². The second kappa shape index (κ2) is 9.73. The van der Waals surface area contributed by atoms with Crippen LogP contribution < -0.4 is 4.90 Å². The highest BCUT2D eigenvalue weighted by Gasteiger charge is 2.12.